The van der Waals surface area contributed by atoms with Crippen molar-refractivity contribution < 1.29 is 4.79 Å². The highest BCUT2D eigenvalue weighted by atomic mass is 16.2. The molecular formula is C22H29N3O2. The third-order valence-corrected chi connectivity index (χ3v) is 5.67. The number of carbonyl (C=O) groups is 1. The number of piperazine rings is 1. The second-order valence-corrected chi connectivity index (χ2v) is 7.49. The van der Waals surface area contributed by atoms with E-state index in [9.17, 15) is 9.59 Å². The summed E-state index contributed by atoms with van der Waals surface area (Å²) in [7, 11) is 1.75. The number of para-hydroxylation sites is 1. The Morgan fingerprint density at radius 3 is 2.48 bits per heavy atom. The van der Waals surface area contributed by atoms with E-state index in [2.05, 4.69) is 30.9 Å². The Kier molecular flexibility index (Phi) is 5.40. The normalized spacial score (nSPS) is 17.3. The van der Waals surface area contributed by atoms with Crippen molar-refractivity contribution in [2.24, 2.45) is 7.05 Å². The van der Waals surface area contributed by atoms with Gasteiger partial charge in [-0.25, -0.2) is 0 Å². The quantitative estimate of drug-likeness (QED) is 0.838. The highest BCUT2D eigenvalue weighted by molar-refractivity contribution is 5.94. The minimum absolute atomic E-state index is 0.0433. The summed E-state index contributed by atoms with van der Waals surface area (Å²) in [6, 6.07) is 10.1. The number of carbonyl (C=O) groups excluding carboxylic acids is 1. The van der Waals surface area contributed by atoms with Gasteiger partial charge in [-0.15, -0.1) is 0 Å². The first kappa shape index (κ1) is 19.2. The first-order valence-corrected chi connectivity index (χ1v) is 9.66. The molecule has 2 aromatic rings. The number of nitrogens with zero attached hydrogens (tertiary/aromatic N) is 3. The van der Waals surface area contributed by atoms with Gasteiger partial charge < -0.3 is 14.4 Å². The van der Waals surface area contributed by atoms with E-state index in [1.165, 1.54) is 11.3 Å². The Hall–Kier alpha value is -2.56. The van der Waals surface area contributed by atoms with Crippen LogP contribution in [0.2, 0.25) is 0 Å². The largest absolute Gasteiger partial charge is 0.367 e. The summed E-state index contributed by atoms with van der Waals surface area (Å²) in [6.45, 7) is 10.3. The van der Waals surface area contributed by atoms with Crippen LogP contribution in [0.3, 0.4) is 0 Å². The fourth-order valence-electron chi connectivity index (χ4n) is 4.15. The van der Waals surface area contributed by atoms with Crippen molar-refractivity contribution in [3.8, 4) is 0 Å². The number of pyridine rings is 1. The minimum atomic E-state index is -0.198. The van der Waals surface area contributed by atoms with Gasteiger partial charge in [0, 0.05) is 44.1 Å². The molecular weight excluding hydrogens is 338 g/mol. The number of rotatable bonds is 3. The second-order valence-electron chi connectivity index (χ2n) is 7.49. The van der Waals surface area contributed by atoms with Crippen molar-refractivity contribution in [1.29, 1.82) is 0 Å². The van der Waals surface area contributed by atoms with Crippen LogP contribution >= 0.6 is 0 Å². The fraction of sp³-hybridized carbons (Fsp3) is 0.455. The van der Waals surface area contributed by atoms with Gasteiger partial charge in [0.2, 0.25) is 0 Å². The van der Waals surface area contributed by atoms with Gasteiger partial charge in [0.15, 0.2) is 0 Å². The lowest BCUT2D eigenvalue weighted by Crippen LogP contribution is -2.55. The topological polar surface area (TPSA) is 45.6 Å². The molecule has 0 N–H and O–H groups in total. The van der Waals surface area contributed by atoms with Gasteiger partial charge >= 0.3 is 0 Å². The van der Waals surface area contributed by atoms with E-state index in [4.69, 9.17) is 0 Å². The number of anilines is 1. The third kappa shape index (κ3) is 3.51. The molecule has 1 atom stereocenters. The predicted octanol–water partition coefficient (Wildman–Crippen LogP) is 2.92. The molecule has 0 unspecified atom stereocenters. The second kappa shape index (κ2) is 7.59. The summed E-state index contributed by atoms with van der Waals surface area (Å²) in [5, 5.41) is 0. The molecule has 1 amide bonds. The van der Waals surface area contributed by atoms with Crippen molar-refractivity contribution in [2.45, 2.75) is 40.2 Å². The summed E-state index contributed by atoms with van der Waals surface area (Å²) in [6.07, 6.45) is 0.775. The third-order valence-electron chi connectivity index (χ3n) is 5.67. The first-order chi connectivity index (χ1) is 12.8. The number of aromatic nitrogens is 1. The lowest BCUT2D eigenvalue weighted by molar-refractivity contribution is 0.0671. The van der Waals surface area contributed by atoms with Crippen LogP contribution in [0.1, 0.15) is 41.0 Å². The van der Waals surface area contributed by atoms with Gasteiger partial charge in [0.05, 0.1) is 0 Å². The molecule has 1 aliphatic rings. The SMILES string of the molecule is CCc1c(C)cc(C(=O)N2CCN(c3ccccc3C)C[C@@H]2C)c(=O)n1C. The molecule has 1 aliphatic heterocycles. The molecule has 1 fully saturated rings. The molecule has 0 radical (unpaired) electrons. The summed E-state index contributed by atoms with van der Waals surface area (Å²) in [5.41, 5.74) is 4.52. The number of benzene rings is 1. The minimum Gasteiger partial charge on any atom is -0.367 e. The Labute approximate surface area is 161 Å². The fourth-order valence-corrected chi connectivity index (χ4v) is 4.15. The van der Waals surface area contributed by atoms with Gasteiger partial charge in [-0.3, -0.25) is 9.59 Å². The van der Waals surface area contributed by atoms with Crippen LogP contribution in [0.4, 0.5) is 5.69 Å². The zero-order valence-corrected chi connectivity index (χ0v) is 17.0. The summed E-state index contributed by atoms with van der Waals surface area (Å²) < 4.78 is 1.62. The van der Waals surface area contributed by atoms with Crippen LogP contribution in [-0.2, 0) is 13.5 Å². The summed E-state index contributed by atoms with van der Waals surface area (Å²) in [5.74, 6) is -0.154. The molecule has 5 nitrogen and oxygen atoms in total. The summed E-state index contributed by atoms with van der Waals surface area (Å²) in [4.78, 5) is 30.0. The number of amides is 1. The molecule has 1 aromatic carbocycles. The molecule has 5 heteroatoms. The molecule has 1 saturated heterocycles. The van der Waals surface area contributed by atoms with Crippen molar-refractivity contribution in [3.05, 3.63) is 63.1 Å². The van der Waals surface area contributed by atoms with E-state index >= 15 is 0 Å². The van der Waals surface area contributed by atoms with Crippen LogP contribution in [0.15, 0.2) is 35.1 Å². The van der Waals surface area contributed by atoms with Gasteiger partial charge in [0.25, 0.3) is 11.5 Å². The van der Waals surface area contributed by atoms with E-state index in [0.29, 0.717) is 6.54 Å². The Morgan fingerprint density at radius 2 is 1.85 bits per heavy atom. The monoisotopic (exact) mass is 367 g/mol. The van der Waals surface area contributed by atoms with Gasteiger partial charge in [-0.2, -0.15) is 0 Å². The van der Waals surface area contributed by atoms with E-state index in [0.717, 1.165) is 30.8 Å². The van der Waals surface area contributed by atoms with Crippen molar-refractivity contribution in [1.82, 2.24) is 9.47 Å². The molecule has 3 rings (SSSR count). The Balaban J connectivity index is 1.84. The van der Waals surface area contributed by atoms with Crippen LogP contribution in [0, 0.1) is 13.8 Å². The smallest absolute Gasteiger partial charge is 0.263 e. The summed E-state index contributed by atoms with van der Waals surface area (Å²) >= 11 is 0. The van der Waals surface area contributed by atoms with Crippen molar-refractivity contribution in [3.63, 3.8) is 0 Å². The maximum absolute atomic E-state index is 13.1. The molecule has 2 heterocycles. The van der Waals surface area contributed by atoms with Crippen LogP contribution in [0.5, 0.6) is 0 Å². The first-order valence-electron chi connectivity index (χ1n) is 9.66. The van der Waals surface area contributed by atoms with Crippen molar-refractivity contribution >= 4 is 11.6 Å². The zero-order chi connectivity index (χ0) is 19.7. The van der Waals surface area contributed by atoms with Crippen LogP contribution in [0.25, 0.3) is 0 Å². The zero-order valence-electron chi connectivity index (χ0n) is 17.0. The number of hydrogen-bond acceptors (Lipinski definition) is 3. The van der Waals surface area contributed by atoms with E-state index < -0.39 is 0 Å². The Morgan fingerprint density at radius 1 is 1.15 bits per heavy atom. The molecule has 0 spiro atoms. The molecule has 1 aromatic heterocycles. The molecule has 0 aliphatic carbocycles. The number of hydrogen-bond donors (Lipinski definition) is 0. The highest BCUT2D eigenvalue weighted by Gasteiger charge is 2.30. The predicted molar refractivity (Wildman–Crippen MR) is 110 cm³/mol. The standard InChI is InChI=1S/C22H29N3O2/c1-6-19-16(3)13-18(21(26)23(19)5)22(27)25-12-11-24(14-17(25)4)20-10-8-7-9-15(20)2/h7-10,13,17H,6,11-12,14H2,1-5H3/t17-/m0/s1. The molecule has 0 saturated carbocycles. The van der Waals surface area contributed by atoms with E-state index in [-0.39, 0.29) is 23.1 Å². The van der Waals surface area contributed by atoms with Crippen LogP contribution in [-0.4, -0.2) is 41.1 Å². The lowest BCUT2D eigenvalue weighted by atomic mass is 10.1. The van der Waals surface area contributed by atoms with Gasteiger partial charge in [-0.1, -0.05) is 25.1 Å². The average molecular weight is 367 g/mol. The number of aryl methyl sites for hydroxylation is 2. The maximum Gasteiger partial charge on any atom is 0.263 e. The van der Waals surface area contributed by atoms with Crippen LogP contribution < -0.4 is 10.5 Å². The van der Waals surface area contributed by atoms with Gasteiger partial charge in [0.1, 0.15) is 5.56 Å². The molecule has 0 bridgehead atoms. The highest BCUT2D eigenvalue weighted by Crippen LogP contribution is 2.23. The Bertz CT molecular complexity index is 916. The van der Waals surface area contributed by atoms with Gasteiger partial charge in [-0.05, 0) is 50.5 Å². The molecule has 27 heavy (non-hydrogen) atoms. The maximum atomic E-state index is 13.1. The average Bonchev–Trinajstić information content (AvgIpc) is 2.65. The van der Waals surface area contributed by atoms with E-state index in [1.54, 1.807) is 17.7 Å². The lowest BCUT2D eigenvalue weighted by Gasteiger charge is -2.41. The van der Waals surface area contributed by atoms with E-state index in [1.807, 2.05) is 30.9 Å². The van der Waals surface area contributed by atoms with Crippen molar-refractivity contribution in [2.75, 3.05) is 24.5 Å². The molecule has 144 valence electrons.